The summed E-state index contributed by atoms with van der Waals surface area (Å²) in [7, 11) is 1.72. The Morgan fingerprint density at radius 3 is 1.00 bits per heavy atom. The number of methoxy groups -OCH3 is 1. The van der Waals surface area contributed by atoms with Crippen LogP contribution in [0.4, 0.5) is 0 Å². The van der Waals surface area contributed by atoms with Crippen molar-refractivity contribution in [3.8, 4) is 0 Å². The Balaban J connectivity index is -0.0000000257. The molecule has 6 nitrogen and oxygen atoms in total. The van der Waals surface area contributed by atoms with Crippen molar-refractivity contribution in [3.05, 3.63) is 33.3 Å². The summed E-state index contributed by atoms with van der Waals surface area (Å²) in [5.74, 6) is 0.597. The van der Waals surface area contributed by atoms with Crippen molar-refractivity contribution in [2.24, 2.45) is 5.92 Å². The molecule has 0 aromatic carbocycles. The van der Waals surface area contributed by atoms with E-state index in [4.69, 9.17) is 28.0 Å². The molecule has 0 aliphatic heterocycles. The average Bonchev–Trinajstić information content (AvgIpc) is 2.48. The first-order valence-corrected chi connectivity index (χ1v) is 4.75. The van der Waals surface area contributed by atoms with Gasteiger partial charge >= 0.3 is 112 Å². The Morgan fingerprint density at radius 2 is 1.00 bits per heavy atom. The molecule has 0 saturated carbocycles. The van der Waals surface area contributed by atoms with E-state index >= 15 is 0 Å². The molecule has 17 heavy (non-hydrogen) atoms. The van der Waals surface area contributed by atoms with Gasteiger partial charge in [-0.1, -0.05) is 0 Å². The van der Waals surface area contributed by atoms with E-state index in [1.807, 2.05) is 0 Å². The summed E-state index contributed by atoms with van der Waals surface area (Å²) in [6.07, 6.45) is 0. The van der Waals surface area contributed by atoms with Crippen molar-refractivity contribution in [1.82, 2.24) is 0 Å². The molecule has 0 N–H and O–H groups in total. The number of hydrogen-bond acceptors (Lipinski definition) is 1. The van der Waals surface area contributed by atoms with Gasteiger partial charge in [0.1, 0.15) is 0 Å². The third-order valence-corrected chi connectivity index (χ3v) is 2.96. The van der Waals surface area contributed by atoms with Crippen molar-refractivity contribution < 1.29 is 47.4 Å². The molecule has 0 aliphatic carbocycles. The molecule has 0 saturated heterocycles. The zero-order valence-corrected chi connectivity index (χ0v) is 12.4. The van der Waals surface area contributed by atoms with E-state index in [1.54, 1.807) is 7.11 Å². The number of rotatable bonds is 2. The quantitative estimate of drug-likeness (QED) is 0.487. The maximum atomic E-state index is 7.50. The second kappa shape index (κ2) is 79.6. The summed E-state index contributed by atoms with van der Waals surface area (Å²) in [5, 5.41) is 0. The molecule has 0 aromatic rings. The minimum absolute atomic E-state index is 0.597. The van der Waals surface area contributed by atoms with Crippen molar-refractivity contribution in [2.75, 3.05) is 7.11 Å². The number of hydrogen-bond donors (Lipinski definition) is 0. The zero-order valence-electron chi connectivity index (χ0n) is 9.44. The molecule has 0 amide bonds. The van der Waals surface area contributed by atoms with Gasteiger partial charge in [0, 0.05) is 0 Å². The average molecular weight is 410 g/mol. The van der Waals surface area contributed by atoms with Crippen molar-refractivity contribution in [3.63, 3.8) is 0 Å². The molecule has 0 atom stereocenters. The van der Waals surface area contributed by atoms with Crippen LogP contribution in [0, 0.1) is 39.2 Å². The first-order valence-electron chi connectivity index (χ1n) is 3.28. The Morgan fingerprint density at radius 1 is 0.824 bits per heavy atom. The molecule has 0 spiro atoms. The van der Waals surface area contributed by atoms with Crippen LogP contribution in [0.15, 0.2) is 0 Å². The fourth-order valence-electron chi connectivity index (χ4n) is 0.236. The summed E-state index contributed by atoms with van der Waals surface area (Å²) in [6, 6.07) is 0. The van der Waals surface area contributed by atoms with Gasteiger partial charge in [-0.3, -0.25) is 0 Å². The van der Waals surface area contributed by atoms with Gasteiger partial charge in [0.15, 0.2) is 0 Å². The van der Waals surface area contributed by atoms with Crippen LogP contribution < -0.4 is 0 Å². The van der Waals surface area contributed by atoms with Gasteiger partial charge in [0.25, 0.3) is 0 Å². The van der Waals surface area contributed by atoms with Crippen LogP contribution >= 0.6 is 0 Å². The molecule has 0 bridgehead atoms. The monoisotopic (exact) mass is 410 g/mol. The van der Waals surface area contributed by atoms with Crippen LogP contribution in [-0.4, -0.2) is 11.2 Å². The molecule has 0 aliphatic rings. The van der Waals surface area contributed by atoms with Gasteiger partial charge < -0.3 is 0 Å². The molecule has 0 heterocycles. The van der Waals surface area contributed by atoms with E-state index in [1.165, 1.54) is 23.4 Å². The fourth-order valence-corrected chi connectivity index (χ4v) is 0.236. The topological polar surface area (TPSA) is 109 Å². The van der Waals surface area contributed by atoms with Gasteiger partial charge in [-0.25, -0.2) is 0 Å². The molecule has 0 fully saturated rings. The molecule has 0 unspecified atom stereocenters. The van der Waals surface area contributed by atoms with Gasteiger partial charge in [-0.2, -0.15) is 0 Å². The van der Waals surface area contributed by atoms with Gasteiger partial charge in [-0.05, 0) is 0 Å². The Kier molecular flexibility index (Phi) is 168. The van der Waals surface area contributed by atoms with Crippen LogP contribution in [0.1, 0.15) is 13.8 Å². The molecular weight excluding hydrogens is 400 g/mol. The van der Waals surface area contributed by atoms with Crippen molar-refractivity contribution in [1.29, 1.82) is 0 Å². The summed E-state index contributed by atoms with van der Waals surface area (Å²) >= 11 is 1.44. The summed E-state index contributed by atoms with van der Waals surface area (Å²) in [6.45, 7) is 26.8. The standard InChI is InChI=1S/C5H10O.5CO.W/c1-5(2)4-6-3;5*1-2;/h5H,1-3H3;;;;;;. The third-order valence-electron chi connectivity index (χ3n) is 0.673. The minimum atomic E-state index is 0.597. The Labute approximate surface area is 112 Å². The van der Waals surface area contributed by atoms with Crippen molar-refractivity contribution >= 4 is 4.08 Å². The predicted molar refractivity (Wildman–Crippen MR) is 46.5 cm³/mol. The third kappa shape index (κ3) is 97.6. The van der Waals surface area contributed by atoms with E-state index in [2.05, 4.69) is 47.1 Å². The number of ether oxygens (including phenoxy) is 1. The maximum absolute atomic E-state index is 7.50. The van der Waals surface area contributed by atoms with Gasteiger partial charge in [0.05, 0.1) is 0 Å². The van der Waals surface area contributed by atoms with Gasteiger partial charge in [-0.15, -0.1) is 0 Å². The van der Waals surface area contributed by atoms with Crippen LogP contribution in [0.25, 0.3) is 0 Å². The molecule has 92 valence electrons. The first kappa shape index (κ1) is 36.0. The zero-order chi connectivity index (χ0) is 15.9. The predicted octanol–water partition coefficient (Wildman–Crippen LogP) is 0.778. The van der Waals surface area contributed by atoms with E-state index in [0.717, 1.165) is 0 Å². The summed E-state index contributed by atoms with van der Waals surface area (Å²) in [4.78, 5) is 0. The molecule has 7 heteroatoms. The van der Waals surface area contributed by atoms with Crippen LogP contribution in [0.2, 0.25) is 0 Å². The first-order chi connectivity index (χ1) is 8.18. The van der Waals surface area contributed by atoms with E-state index in [9.17, 15) is 0 Å². The summed E-state index contributed by atoms with van der Waals surface area (Å²) < 4.78 is 43.6. The second-order valence-electron chi connectivity index (χ2n) is 1.68. The van der Waals surface area contributed by atoms with Crippen LogP contribution in [0.3, 0.4) is 0 Å². The van der Waals surface area contributed by atoms with Crippen LogP contribution in [-0.2, 0) is 47.4 Å². The molecule has 0 rings (SSSR count). The van der Waals surface area contributed by atoms with Crippen LogP contribution in [0.5, 0.6) is 0 Å². The summed E-state index contributed by atoms with van der Waals surface area (Å²) in [5.41, 5.74) is 0. The van der Waals surface area contributed by atoms with E-state index in [-0.39, 0.29) is 0 Å². The Hall–Kier alpha value is -0.782. The Bertz CT molecular complexity index is 188. The van der Waals surface area contributed by atoms with E-state index in [0.29, 0.717) is 5.92 Å². The molecule has 0 radical (unpaired) electrons. The SMILES string of the molecule is CO[C](=[W])C(C)C.[C-]#[O+].[C-]#[O+].[C-]#[O+].[C-]#[O+].[C-]#[O+]. The van der Waals surface area contributed by atoms with Crippen molar-refractivity contribution in [2.45, 2.75) is 13.8 Å². The second-order valence-corrected chi connectivity index (χ2v) is 3.12. The fraction of sp³-hybridized carbons (Fsp3) is 0.400. The van der Waals surface area contributed by atoms with E-state index < -0.39 is 0 Å². The molecule has 0 aromatic heterocycles. The van der Waals surface area contributed by atoms with Gasteiger partial charge in [0.2, 0.25) is 0 Å². The molecular formula is C10H10O6W. The normalized spacial score (nSPS) is 4.59.